The van der Waals surface area contributed by atoms with Crippen LogP contribution in [-0.4, -0.2) is 47.5 Å². The van der Waals surface area contributed by atoms with Crippen LogP contribution in [0.15, 0.2) is 22.3 Å². The Hall–Kier alpha value is -1.30. The van der Waals surface area contributed by atoms with Crippen molar-refractivity contribution in [1.82, 2.24) is 9.80 Å². The predicted octanol–water partition coefficient (Wildman–Crippen LogP) is 4.05. The summed E-state index contributed by atoms with van der Waals surface area (Å²) in [4.78, 5) is 28.3. The van der Waals surface area contributed by atoms with Crippen LogP contribution >= 0.6 is 15.9 Å². The molecule has 0 saturated carbocycles. The van der Waals surface area contributed by atoms with Crippen molar-refractivity contribution in [2.75, 3.05) is 20.1 Å². The molecule has 24 heavy (non-hydrogen) atoms. The maximum Gasteiger partial charge on any atom is 0.410 e. The second kappa shape index (κ2) is 7.72. The Morgan fingerprint density at radius 2 is 1.79 bits per heavy atom. The number of amides is 2. The zero-order chi connectivity index (χ0) is 17.9. The van der Waals surface area contributed by atoms with Crippen molar-refractivity contribution in [1.29, 1.82) is 0 Å². The standard InChI is InChI=1S/C18H27BrN2O3/c1-18(2,3)24-17(23)21-11-9-13(10-12-21)16(22)20(4)15-8-6-5-7-14(15)19/h7-8,13H,5-6,9-12H2,1-4H3. The molecule has 0 N–H and O–H groups in total. The van der Waals surface area contributed by atoms with Crippen LogP contribution in [0.4, 0.5) is 4.79 Å². The third-order valence-electron chi connectivity index (χ3n) is 4.26. The van der Waals surface area contributed by atoms with Gasteiger partial charge in [-0.25, -0.2) is 4.79 Å². The average Bonchev–Trinajstić information content (AvgIpc) is 2.52. The first-order valence-corrected chi connectivity index (χ1v) is 9.30. The van der Waals surface area contributed by atoms with Crippen molar-refractivity contribution in [2.45, 2.75) is 52.1 Å². The first-order chi connectivity index (χ1) is 11.2. The van der Waals surface area contributed by atoms with Gasteiger partial charge in [0.15, 0.2) is 0 Å². The van der Waals surface area contributed by atoms with E-state index in [0.29, 0.717) is 25.9 Å². The Balaban J connectivity index is 1.90. The van der Waals surface area contributed by atoms with Crippen LogP contribution in [0.3, 0.4) is 0 Å². The third kappa shape index (κ3) is 4.85. The Morgan fingerprint density at radius 1 is 1.21 bits per heavy atom. The maximum atomic E-state index is 12.8. The van der Waals surface area contributed by atoms with Crippen molar-refractivity contribution < 1.29 is 14.3 Å². The highest BCUT2D eigenvalue weighted by molar-refractivity contribution is 9.12. The van der Waals surface area contributed by atoms with Crippen molar-refractivity contribution in [2.24, 2.45) is 5.92 Å². The van der Waals surface area contributed by atoms with Crippen molar-refractivity contribution in [3.05, 3.63) is 22.3 Å². The monoisotopic (exact) mass is 398 g/mol. The molecule has 1 fully saturated rings. The number of rotatable bonds is 2. The molecule has 134 valence electrons. The van der Waals surface area contributed by atoms with Crippen LogP contribution in [0.5, 0.6) is 0 Å². The zero-order valence-electron chi connectivity index (χ0n) is 15.0. The molecule has 1 aliphatic carbocycles. The fraction of sp³-hybridized carbons (Fsp3) is 0.667. The molecule has 0 bridgehead atoms. The number of ether oxygens (including phenoxy) is 1. The largest absolute Gasteiger partial charge is 0.444 e. The van der Waals surface area contributed by atoms with Crippen molar-refractivity contribution in [3.8, 4) is 0 Å². The van der Waals surface area contributed by atoms with E-state index in [1.807, 2.05) is 27.8 Å². The average molecular weight is 399 g/mol. The lowest BCUT2D eigenvalue weighted by molar-refractivity contribution is -0.133. The van der Waals surface area contributed by atoms with E-state index in [0.717, 1.165) is 23.0 Å². The van der Waals surface area contributed by atoms with Gasteiger partial charge in [0.25, 0.3) is 0 Å². The molecule has 0 unspecified atom stereocenters. The summed E-state index contributed by atoms with van der Waals surface area (Å²) < 4.78 is 6.38. The number of carbonyl (C=O) groups is 2. The summed E-state index contributed by atoms with van der Waals surface area (Å²) in [6.07, 6.45) is 7.22. The number of nitrogens with zero attached hydrogens (tertiary/aromatic N) is 2. The van der Waals surface area contributed by atoms with Crippen LogP contribution in [-0.2, 0) is 9.53 Å². The number of likely N-dealkylation sites (N-methyl/N-ethyl adjacent to an activating group) is 1. The molecule has 5 nitrogen and oxygen atoms in total. The molecule has 6 heteroatoms. The lowest BCUT2D eigenvalue weighted by Gasteiger charge is -2.35. The van der Waals surface area contributed by atoms with Gasteiger partial charge >= 0.3 is 6.09 Å². The van der Waals surface area contributed by atoms with Crippen molar-refractivity contribution in [3.63, 3.8) is 0 Å². The number of hydrogen-bond donors (Lipinski definition) is 0. The van der Waals surface area contributed by atoms with Gasteiger partial charge < -0.3 is 14.5 Å². The highest BCUT2D eigenvalue weighted by atomic mass is 79.9. The number of carbonyl (C=O) groups excluding carboxylic acids is 2. The highest BCUT2D eigenvalue weighted by Gasteiger charge is 2.32. The summed E-state index contributed by atoms with van der Waals surface area (Å²) in [5, 5.41) is 0. The quantitative estimate of drug-likeness (QED) is 0.704. The molecule has 0 spiro atoms. The first-order valence-electron chi connectivity index (χ1n) is 8.50. The van der Waals surface area contributed by atoms with Gasteiger partial charge in [-0.1, -0.05) is 12.2 Å². The van der Waals surface area contributed by atoms with E-state index in [4.69, 9.17) is 4.74 Å². The molecule has 0 atom stereocenters. The molecular formula is C18H27BrN2O3. The minimum absolute atomic E-state index is 0.0446. The maximum absolute atomic E-state index is 12.8. The van der Waals surface area contributed by atoms with Crippen LogP contribution in [0, 0.1) is 5.92 Å². The number of hydrogen-bond acceptors (Lipinski definition) is 3. The summed E-state index contributed by atoms with van der Waals surface area (Å²) in [5.74, 6) is 0.0779. The Kier molecular flexibility index (Phi) is 6.12. The van der Waals surface area contributed by atoms with E-state index < -0.39 is 5.60 Å². The number of piperidine rings is 1. The lowest BCUT2D eigenvalue weighted by Crippen LogP contribution is -2.45. The third-order valence-corrected chi connectivity index (χ3v) is 4.99. The molecule has 1 heterocycles. The van der Waals surface area contributed by atoms with Crippen LogP contribution < -0.4 is 0 Å². The number of allylic oxidation sites excluding steroid dienone is 3. The topological polar surface area (TPSA) is 49.9 Å². The summed E-state index contributed by atoms with van der Waals surface area (Å²) in [6.45, 7) is 6.71. The number of halogens is 1. The molecule has 1 aliphatic heterocycles. The molecule has 0 aromatic carbocycles. The van der Waals surface area contributed by atoms with Gasteiger partial charge in [0.2, 0.25) is 5.91 Å². The summed E-state index contributed by atoms with van der Waals surface area (Å²) >= 11 is 3.53. The molecule has 0 radical (unpaired) electrons. The highest BCUT2D eigenvalue weighted by Crippen LogP contribution is 2.29. The van der Waals surface area contributed by atoms with Crippen LogP contribution in [0.1, 0.15) is 46.5 Å². The van der Waals surface area contributed by atoms with Gasteiger partial charge in [-0.2, -0.15) is 0 Å². The molecule has 2 amide bonds. The lowest BCUT2D eigenvalue weighted by atomic mass is 9.95. The normalized spacial score (nSPS) is 19.5. The van der Waals surface area contributed by atoms with E-state index in [1.54, 1.807) is 9.80 Å². The Labute approximate surface area is 152 Å². The van der Waals surface area contributed by atoms with Gasteiger partial charge in [-0.3, -0.25) is 4.79 Å². The molecule has 2 rings (SSSR count). The molecular weight excluding hydrogens is 372 g/mol. The van der Waals surface area contributed by atoms with E-state index in [1.165, 1.54) is 0 Å². The predicted molar refractivity (Wildman–Crippen MR) is 97.6 cm³/mol. The van der Waals surface area contributed by atoms with Gasteiger partial charge in [0, 0.05) is 30.5 Å². The Bertz CT molecular complexity index is 555. The summed E-state index contributed by atoms with van der Waals surface area (Å²) in [7, 11) is 1.83. The zero-order valence-corrected chi connectivity index (χ0v) is 16.6. The van der Waals surface area contributed by atoms with Crippen LogP contribution in [0.25, 0.3) is 0 Å². The van der Waals surface area contributed by atoms with Gasteiger partial charge in [-0.05, 0) is 62.4 Å². The van der Waals surface area contributed by atoms with E-state index >= 15 is 0 Å². The second-order valence-corrected chi connectivity index (χ2v) is 8.21. The minimum atomic E-state index is -0.490. The molecule has 0 aromatic heterocycles. The summed E-state index contributed by atoms with van der Waals surface area (Å²) in [6, 6.07) is 0. The van der Waals surface area contributed by atoms with Crippen LogP contribution in [0.2, 0.25) is 0 Å². The van der Waals surface area contributed by atoms with E-state index in [2.05, 4.69) is 28.1 Å². The van der Waals surface area contributed by atoms with E-state index in [-0.39, 0.29) is 17.9 Å². The summed E-state index contributed by atoms with van der Waals surface area (Å²) in [5.41, 5.74) is 0.455. The fourth-order valence-corrected chi connectivity index (χ4v) is 3.61. The van der Waals surface area contributed by atoms with Gasteiger partial charge in [0.05, 0.1) is 5.70 Å². The second-order valence-electron chi connectivity index (χ2n) is 7.36. The van der Waals surface area contributed by atoms with Gasteiger partial charge in [-0.15, -0.1) is 0 Å². The smallest absolute Gasteiger partial charge is 0.410 e. The first kappa shape index (κ1) is 19.0. The minimum Gasteiger partial charge on any atom is -0.444 e. The van der Waals surface area contributed by atoms with E-state index in [9.17, 15) is 9.59 Å². The van der Waals surface area contributed by atoms with Crippen molar-refractivity contribution >= 4 is 27.9 Å². The fourth-order valence-electron chi connectivity index (χ4n) is 2.96. The SMILES string of the molecule is CN(C(=O)C1CCN(C(=O)OC(C)(C)C)CC1)C1=CCCC=C1Br. The number of likely N-dealkylation sites (tertiary alicyclic amines) is 1. The molecule has 0 aromatic rings. The molecule has 2 aliphatic rings. The Morgan fingerprint density at radius 3 is 2.33 bits per heavy atom. The van der Waals surface area contributed by atoms with Gasteiger partial charge in [0.1, 0.15) is 5.60 Å². The molecule has 1 saturated heterocycles.